The summed E-state index contributed by atoms with van der Waals surface area (Å²) in [5.41, 5.74) is 2.42. The number of aryl methyl sites for hydroxylation is 1. The van der Waals surface area contributed by atoms with Crippen LogP contribution >= 0.6 is 0 Å². The van der Waals surface area contributed by atoms with Crippen molar-refractivity contribution in [3.05, 3.63) is 23.8 Å². The van der Waals surface area contributed by atoms with Crippen molar-refractivity contribution in [2.45, 2.75) is 19.9 Å². The number of morpholine rings is 1. The fraction of sp³-hybridized carbons (Fsp3) is 0.500. The van der Waals surface area contributed by atoms with E-state index in [1.165, 1.54) is 7.11 Å². The molecule has 1 aliphatic rings. The Hall–Kier alpha value is -2.08. The first-order chi connectivity index (χ1) is 10.7. The Morgan fingerprint density at radius 3 is 2.82 bits per heavy atom. The average Bonchev–Trinajstić information content (AvgIpc) is 2.93. The van der Waals surface area contributed by atoms with Crippen molar-refractivity contribution in [3.8, 4) is 0 Å². The van der Waals surface area contributed by atoms with Crippen molar-refractivity contribution in [2.24, 2.45) is 0 Å². The molecule has 6 heteroatoms. The van der Waals surface area contributed by atoms with Crippen LogP contribution in [0.1, 0.15) is 23.7 Å². The summed E-state index contributed by atoms with van der Waals surface area (Å²) >= 11 is 0. The molecule has 0 amide bonds. The summed E-state index contributed by atoms with van der Waals surface area (Å²) in [5.74, 6) is 0.627. The summed E-state index contributed by atoms with van der Waals surface area (Å²) in [7, 11) is 1.39. The van der Waals surface area contributed by atoms with Gasteiger partial charge in [-0.3, -0.25) is 0 Å². The van der Waals surface area contributed by atoms with Crippen molar-refractivity contribution in [3.63, 3.8) is 0 Å². The van der Waals surface area contributed by atoms with Gasteiger partial charge in [0, 0.05) is 19.6 Å². The Kier molecular flexibility index (Phi) is 4.29. The van der Waals surface area contributed by atoms with Crippen LogP contribution in [0.5, 0.6) is 0 Å². The molecule has 0 atom stereocenters. The minimum absolute atomic E-state index is 0.333. The zero-order valence-corrected chi connectivity index (χ0v) is 13.0. The first-order valence-corrected chi connectivity index (χ1v) is 7.66. The number of benzene rings is 1. The normalized spacial score (nSPS) is 15.3. The van der Waals surface area contributed by atoms with Gasteiger partial charge < -0.3 is 18.9 Å². The molecule has 0 saturated carbocycles. The van der Waals surface area contributed by atoms with E-state index in [-0.39, 0.29) is 5.97 Å². The molecule has 118 valence electrons. The van der Waals surface area contributed by atoms with E-state index in [1.807, 2.05) is 6.07 Å². The molecule has 0 bridgehead atoms. The second kappa shape index (κ2) is 6.36. The van der Waals surface area contributed by atoms with E-state index in [0.29, 0.717) is 5.56 Å². The van der Waals surface area contributed by atoms with Gasteiger partial charge in [0.1, 0.15) is 0 Å². The summed E-state index contributed by atoms with van der Waals surface area (Å²) in [4.78, 5) is 18.7. The molecule has 6 nitrogen and oxygen atoms in total. The van der Waals surface area contributed by atoms with Gasteiger partial charge in [-0.1, -0.05) is 6.92 Å². The fourth-order valence-corrected chi connectivity index (χ4v) is 2.81. The van der Waals surface area contributed by atoms with Crippen LogP contribution in [-0.4, -0.2) is 48.9 Å². The molecule has 1 aromatic heterocycles. The first kappa shape index (κ1) is 14.8. The lowest BCUT2D eigenvalue weighted by Crippen LogP contribution is -2.38. The molecule has 22 heavy (non-hydrogen) atoms. The van der Waals surface area contributed by atoms with Gasteiger partial charge in [-0.15, -0.1) is 0 Å². The minimum Gasteiger partial charge on any atom is -0.465 e. The molecule has 0 N–H and O–H groups in total. The standard InChI is InChI=1S/C16H21N3O3/c1-3-6-19-14-5-4-12(15(20)21-2)11-13(14)17-16(19)18-7-9-22-10-8-18/h4-5,11H,3,6-10H2,1-2H3. The Labute approximate surface area is 129 Å². The van der Waals surface area contributed by atoms with E-state index in [0.717, 1.165) is 56.3 Å². The third kappa shape index (κ3) is 2.66. The number of rotatable bonds is 4. The minimum atomic E-state index is -0.333. The second-order valence-corrected chi connectivity index (χ2v) is 5.36. The average molecular weight is 303 g/mol. The third-order valence-electron chi connectivity index (χ3n) is 3.89. The van der Waals surface area contributed by atoms with Gasteiger partial charge in [-0.05, 0) is 24.6 Å². The number of esters is 1. The SMILES string of the molecule is CCCn1c(N2CCOCC2)nc2cc(C(=O)OC)ccc21. The molecule has 1 fully saturated rings. The maximum Gasteiger partial charge on any atom is 0.337 e. The van der Waals surface area contributed by atoms with Crippen molar-refractivity contribution in [1.29, 1.82) is 0 Å². The number of hydrogen-bond acceptors (Lipinski definition) is 5. The summed E-state index contributed by atoms with van der Waals surface area (Å²) in [5, 5.41) is 0. The van der Waals surface area contributed by atoms with Crippen molar-refractivity contribution >= 4 is 23.0 Å². The number of methoxy groups -OCH3 is 1. The number of imidazole rings is 1. The monoisotopic (exact) mass is 303 g/mol. The van der Waals surface area contributed by atoms with E-state index in [4.69, 9.17) is 14.5 Å². The highest BCUT2D eigenvalue weighted by Gasteiger charge is 2.20. The van der Waals surface area contributed by atoms with Crippen LogP contribution < -0.4 is 4.90 Å². The molecule has 0 unspecified atom stereocenters. The van der Waals surface area contributed by atoms with Crippen LogP contribution in [0.3, 0.4) is 0 Å². The number of carbonyl (C=O) groups excluding carboxylic acids is 1. The predicted octanol–water partition coefficient (Wildman–Crippen LogP) is 2.07. The summed E-state index contributed by atoms with van der Waals surface area (Å²) in [6, 6.07) is 5.55. The molecule has 0 radical (unpaired) electrons. The van der Waals surface area contributed by atoms with Crippen molar-refractivity contribution in [2.75, 3.05) is 38.3 Å². The van der Waals surface area contributed by atoms with Crippen LogP contribution in [-0.2, 0) is 16.0 Å². The Morgan fingerprint density at radius 1 is 1.36 bits per heavy atom. The fourth-order valence-electron chi connectivity index (χ4n) is 2.81. The number of carbonyl (C=O) groups is 1. The lowest BCUT2D eigenvalue weighted by atomic mass is 10.2. The summed E-state index contributed by atoms with van der Waals surface area (Å²) in [6.07, 6.45) is 1.03. The molecule has 2 heterocycles. The number of nitrogens with zero attached hydrogens (tertiary/aromatic N) is 3. The smallest absolute Gasteiger partial charge is 0.337 e. The summed E-state index contributed by atoms with van der Waals surface area (Å²) in [6.45, 7) is 6.19. The molecule has 3 rings (SSSR count). The highest BCUT2D eigenvalue weighted by molar-refractivity contribution is 5.94. The van der Waals surface area contributed by atoms with E-state index in [1.54, 1.807) is 12.1 Å². The first-order valence-electron chi connectivity index (χ1n) is 7.66. The molecule has 1 aromatic carbocycles. The number of fused-ring (bicyclic) bond motifs is 1. The molecule has 0 aliphatic carbocycles. The van der Waals surface area contributed by atoms with Gasteiger partial charge in [0.05, 0.1) is 36.9 Å². The third-order valence-corrected chi connectivity index (χ3v) is 3.89. The Bertz CT molecular complexity index is 675. The van der Waals surface area contributed by atoms with Gasteiger partial charge in [0.15, 0.2) is 0 Å². The van der Waals surface area contributed by atoms with Crippen molar-refractivity contribution in [1.82, 2.24) is 9.55 Å². The Balaban J connectivity index is 2.06. The van der Waals surface area contributed by atoms with Crippen LogP contribution in [0, 0.1) is 0 Å². The number of ether oxygens (including phenoxy) is 2. The zero-order valence-electron chi connectivity index (χ0n) is 13.0. The van der Waals surface area contributed by atoms with Gasteiger partial charge >= 0.3 is 5.97 Å². The number of hydrogen-bond donors (Lipinski definition) is 0. The summed E-state index contributed by atoms with van der Waals surface area (Å²) < 4.78 is 12.4. The maximum absolute atomic E-state index is 11.7. The van der Waals surface area contributed by atoms with Crippen LogP contribution in [0.15, 0.2) is 18.2 Å². The number of anilines is 1. The topological polar surface area (TPSA) is 56.6 Å². The number of aromatic nitrogens is 2. The van der Waals surface area contributed by atoms with E-state index < -0.39 is 0 Å². The van der Waals surface area contributed by atoms with Gasteiger partial charge in [0.25, 0.3) is 0 Å². The second-order valence-electron chi connectivity index (χ2n) is 5.36. The highest BCUT2D eigenvalue weighted by Crippen LogP contribution is 2.25. The Morgan fingerprint density at radius 2 is 2.14 bits per heavy atom. The lowest BCUT2D eigenvalue weighted by Gasteiger charge is -2.28. The highest BCUT2D eigenvalue weighted by atomic mass is 16.5. The van der Waals surface area contributed by atoms with Crippen LogP contribution in [0.2, 0.25) is 0 Å². The van der Waals surface area contributed by atoms with Crippen molar-refractivity contribution < 1.29 is 14.3 Å². The van der Waals surface area contributed by atoms with Crippen LogP contribution in [0.25, 0.3) is 11.0 Å². The maximum atomic E-state index is 11.7. The largest absolute Gasteiger partial charge is 0.465 e. The van der Waals surface area contributed by atoms with Gasteiger partial charge in [-0.25, -0.2) is 9.78 Å². The molecular weight excluding hydrogens is 282 g/mol. The molecular formula is C16H21N3O3. The molecule has 0 spiro atoms. The quantitative estimate of drug-likeness (QED) is 0.809. The predicted molar refractivity (Wildman–Crippen MR) is 84.4 cm³/mol. The van der Waals surface area contributed by atoms with Gasteiger partial charge in [-0.2, -0.15) is 0 Å². The van der Waals surface area contributed by atoms with E-state index >= 15 is 0 Å². The molecule has 1 aliphatic heterocycles. The van der Waals surface area contributed by atoms with E-state index in [2.05, 4.69) is 16.4 Å². The van der Waals surface area contributed by atoms with E-state index in [9.17, 15) is 4.79 Å². The molecule has 1 saturated heterocycles. The zero-order chi connectivity index (χ0) is 15.5. The molecule has 2 aromatic rings. The van der Waals surface area contributed by atoms with Gasteiger partial charge in [0.2, 0.25) is 5.95 Å². The van der Waals surface area contributed by atoms with Crippen LogP contribution in [0.4, 0.5) is 5.95 Å². The lowest BCUT2D eigenvalue weighted by molar-refractivity contribution is 0.0601.